The maximum absolute atomic E-state index is 12.6. The maximum atomic E-state index is 12.6. The molecule has 0 aromatic heterocycles. The van der Waals surface area contributed by atoms with Gasteiger partial charge in [0.15, 0.2) is 0 Å². The molecule has 2 fully saturated rings. The van der Waals surface area contributed by atoms with Gasteiger partial charge in [0.1, 0.15) is 5.78 Å². The Morgan fingerprint density at radius 3 is 2.62 bits per heavy atom. The molecule has 1 aliphatic heterocycles. The molecular formula is C20H38N4O2. The number of likely N-dealkylation sites (N-methyl/N-ethyl adjacent to an activating group) is 2. The lowest BCUT2D eigenvalue weighted by Crippen LogP contribution is -2.58. The third-order valence-corrected chi connectivity index (χ3v) is 6.10. The van der Waals surface area contributed by atoms with Crippen molar-refractivity contribution in [3.05, 3.63) is 0 Å². The van der Waals surface area contributed by atoms with E-state index >= 15 is 0 Å². The molecule has 1 aliphatic carbocycles. The number of fused-ring (bicyclic) bond motifs is 1. The molecule has 1 saturated carbocycles. The topological polar surface area (TPSA) is 55.9 Å². The Morgan fingerprint density at radius 1 is 1.23 bits per heavy atom. The average molecular weight is 367 g/mol. The number of carbonyl (C=O) groups is 2. The summed E-state index contributed by atoms with van der Waals surface area (Å²) in [6, 6.07) is 0.692. The summed E-state index contributed by atoms with van der Waals surface area (Å²) in [5, 5.41) is 3.23. The fourth-order valence-corrected chi connectivity index (χ4v) is 4.52. The van der Waals surface area contributed by atoms with Gasteiger partial charge in [0.2, 0.25) is 0 Å². The minimum atomic E-state index is 0.0131. The van der Waals surface area contributed by atoms with Crippen molar-refractivity contribution in [2.75, 3.05) is 46.3 Å². The number of piperidine rings is 1. The van der Waals surface area contributed by atoms with E-state index in [9.17, 15) is 9.59 Å². The molecule has 2 amide bonds. The first kappa shape index (κ1) is 21.2. The quantitative estimate of drug-likeness (QED) is 0.715. The van der Waals surface area contributed by atoms with Crippen LogP contribution in [0, 0.1) is 5.92 Å². The second-order valence-corrected chi connectivity index (χ2v) is 7.93. The first-order chi connectivity index (χ1) is 12.5. The van der Waals surface area contributed by atoms with Crippen molar-refractivity contribution >= 4 is 11.8 Å². The van der Waals surface area contributed by atoms with Crippen molar-refractivity contribution < 1.29 is 9.59 Å². The zero-order chi connectivity index (χ0) is 19.1. The summed E-state index contributed by atoms with van der Waals surface area (Å²) in [5.74, 6) is 0.800. The van der Waals surface area contributed by atoms with Crippen LogP contribution in [0.1, 0.15) is 52.9 Å². The largest absolute Gasteiger partial charge is 0.334 e. The molecule has 150 valence electrons. The van der Waals surface area contributed by atoms with Gasteiger partial charge in [-0.25, -0.2) is 4.79 Å². The van der Waals surface area contributed by atoms with Crippen LogP contribution in [-0.4, -0.2) is 84.9 Å². The number of ketones is 1. The van der Waals surface area contributed by atoms with Gasteiger partial charge in [-0.2, -0.15) is 0 Å². The van der Waals surface area contributed by atoms with E-state index in [0.29, 0.717) is 24.2 Å². The van der Waals surface area contributed by atoms with Crippen LogP contribution in [0.25, 0.3) is 0 Å². The van der Waals surface area contributed by atoms with Crippen LogP contribution in [-0.2, 0) is 4.79 Å². The summed E-state index contributed by atoms with van der Waals surface area (Å²) in [6.45, 7) is 12.1. The van der Waals surface area contributed by atoms with Gasteiger partial charge in [-0.3, -0.25) is 9.69 Å². The number of nitrogens with one attached hydrogen (secondary N) is 1. The zero-order valence-electron chi connectivity index (χ0n) is 17.2. The molecule has 3 atom stereocenters. The van der Waals surface area contributed by atoms with Crippen LogP contribution in [0.2, 0.25) is 0 Å². The molecule has 6 nitrogen and oxygen atoms in total. The van der Waals surface area contributed by atoms with E-state index in [2.05, 4.69) is 35.9 Å². The highest BCUT2D eigenvalue weighted by atomic mass is 16.2. The van der Waals surface area contributed by atoms with Crippen LogP contribution in [0.5, 0.6) is 0 Å². The first-order valence-corrected chi connectivity index (χ1v) is 10.5. The number of hydrogen-bond acceptors (Lipinski definition) is 4. The van der Waals surface area contributed by atoms with E-state index in [4.69, 9.17) is 0 Å². The molecule has 0 bridgehead atoms. The second-order valence-electron chi connectivity index (χ2n) is 7.93. The van der Waals surface area contributed by atoms with Gasteiger partial charge in [-0.1, -0.05) is 20.8 Å². The van der Waals surface area contributed by atoms with Gasteiger partial charge in [0.25, 0.3) is 0 Å². The molecule has 6 heteroatoms. The predicted octanol–water partition coefficient (Wildman–Crippen LogP) is 2.19. The normalized spacial score (nSPS) is 26.7. The molecule has 0 spiro atoms. The number of nitrogens with zero attached hydrogens (tertiary/aromatic N) is 3. The SMILES string of the molecule is CCCN1CC(NC(=O)N(C)CCN(CC)CC)C[C@@H]2CC(=O)CC[C@H]21. The standard InChI is InChI=1S/C20H38N4O2/c1-5-10-24-15-17(13-16-14-18(25)8-9-19(16)24)21-20(26)22(4)11-12-23(6-2)7-3/h16-17,19H,5-15H2,1-4H3,(H,21,26)/t16-,17?,19-/m1/s1. The van der Waals surface area contributed by atoms with Crippen LogP contribution < -0.4 is 5.32 Å². The van der Waals surface area contributed by atoms with E-state index in [1.807, 2.05) is 7.05 Å². The molecule has 0 radical (unpaired) electrons. The highest BCUT2D eigenvalue weighted by Crippen LogP contribution is 2.34. The van der Waals surface area contributed by atoms with Crippen molar-refractivity contribution in [3.8, 4) is 0 Å². The summed E-state index contributed by atoms with van der Waals surface area (Å²) in [5.41, 5.74) is 0. The summed E-state index contributed by atoms with van der Waals surface area (Å²) in [4.78, 5) is 31.1. The fraction of sp³-hybridized carbons (Fsp3) is 0.900. The monoisotopic (exact) mass is 366 g/mol. The predicted molar refractivity (Wildman–Crippen MR) is 105 cm³/mol. The Hall–Kier alpha value is -1.14. The van der Waals surface area contributed by atoms with Gasteiger partial charge in [0, 0.05) is 51.6 Å². The molecular weight excluding hydrogens is 328 g/mol. The lowest BCUT2D eigenvalue weighted by Gasteiger charge is -2.47. The van der Waals surface area contributed by atoms with Crippen molar-refractivity contribution in [2.24, 2.45) is 5.92 Å². The number of Topliss-reactive ketones (excluding diaryl/α,β-unsaturated/α-hetero) is 1. The Balaban J connectivity index is 1.88. The minimum Gasteiger partial charge on any atom is -0.334 e. The third kappa shape index (κ3) is 5.68. The lowest BCUT2D eigenvalue weighted by atomic mass is 9.76. The van der Waals surface area contributed by atoms with Crippen molar-refractivity contribution in [1.29, 1.82) is 0 Å². The highest BCUT2D eigenvalue weighted by Gasteiger charge is 2.39. The number of likely N-dealkylation sites (tertiary alicyclic amines) is 1. The van der Waals surface area contributed by atoms with Crippen molar-refractivity contribution in [1.82, 2.24) is 20.0 Å². The number of rotatable bonds is 8. The summed E-state index contributed by atoms with van der Waals surface area (Å²) < 4.78 is 0. The Morgan fingerprint density at radius 2 is 1.96 bits per heavy atom. The van der Waals surface area contributed by atoms with E-state index in [1.165, 1.54) is 0 Å². The Kier molecular flexibility index (Phi) is 8.35. The number of urea groups is 1. The molecule has 1 unspecified atom stereocenters. The average Bonchev–Trinajstić information content (AvgIpc) is 2.62. The van der Waals surface area contributed by atoms with Gasteiger partial charge < -0.3 is 15.1 Å². The van der Waals surface area contributed by atoms with Gasteiger partial charge in [-0.05, 0) is 44.8 Å². The molecule has 0 aromatic rings. The molecule has 1 N–H and O–H groups in total. The van der Waals surface area contributed by atoms with E-state index in [0.717, 1.165) is 65.0 Å². The fourth-order valence-electron chi connectivity index (χ4n) is 4.52. The molecule has 26 heavy (non-hydrogen) atoms. The summed E-state index contributed by atoms with van der Waals surface area (Å²) in [7, 11) is 1.87. The van der Waals surface area contributed by atoms with Gasteiger partial charge >= 0.3 is 6.03 Å². The molecule has 0 aromatic carbocycles. The zero-order valence-corrected chi connectivity index (χ0v) is 17.2. The van der Waals surface area contributed by atoms with Crippen LogP contribution in [0.4, 0.5) is 4.79 Å². The maximum Gasteiger partial charge on any atom is 0.317 e. The molecule has 1 saturated heterocycles. The highest BCUT2D eigenvalue weighted by molar-refractivity contribution is 5.79. The van der Waals surface area contributed by atoms with Crippen molar-refractivity contribution in [2.45, 2.75) is 65.0 Å². The smallest absolute Gasteiger partial charge is 0.317 e. The molecule has 2 aliphatic rings. The summed E-state index contributed by atoms with van der Waals surface area (Å²) >= 11 is 0. The van der Waals surface area contributed by atoms with Gasteiger partial charge in [-0.15, -0.1) is 0 Å². The van der Waals surface area contributed by atoms with E-state index < -0.39 is 0 Å². The van der Waals surface area contributed by atoms with Crippen LogP contribution >= 0.6 is 0 Å². The van der Waals surface area contributed by atoms with Gasteiger partial charge in [0.05, 0.1) is 0 Å². The third-order valence-electron chi connectivity index (χ3n) is 6.10. The first-order valence-electron chi connectivity index (χ1n) is 10.5. The molecule has 1 heterocycles. The van der Waals surface area contributed by atoms with Crippen LogP contribution in [0.3, 0.4) is 0 Å². The van der Waals surface area contributed by atoms with Crippen LogP contribution in [0.15, 0.2) is 0 Å². The lowest BCUT2D eigenvalue weighted by molar-refractivity contribution is -0.124. The number of hydrogen-bond donors (Lipinski definition) is 1. The van der Waals surface area contributed by atoms with E-state index in [-0.39, 0.29) is 12.1 Å². The number of carbonyl (C=O) groups excluding carboxylic acids is 2. The Bertz CT molecular complexity index is 467. The Labute approximate surface area is 159 Å². The minimum absolute atomic E-state index is 0.0131. The second kappa shape index (κ2) is 10.3. The van der Waals surface area contributed by atoms with E-state index in [1.54, 1.807) is 4.90 Å². The van der Waals surface area contributed by atoms with Crippen molar-refractivity contribution in [3.63, 3.8) is 0 Å². The number of amides is 2. The summed E-state index contributed by atoms with van der Waals surface area (Å²) in [6.07, 6.45) is 4.46. The molecule has 2 rings (SSSR count).